The number of aliphatic hydroxyl groups is 5. The lowest BCUT2D eigenvalue weighted by Crippen LogP contribution is -2.55. The predicted octanol–water partition coefficient (Wildman–Crippen LogP) is 10.8. The molecule has 4 aromatic carbocycles. The molecule has 2 aliphatic rings. The summed E-state index contributed by atoms with van der Waals surface area (Å²) >= 11 is 3.37. The van der Waals surface area contributed by atoms with Crippen LogP contribution < -0.4 is 0 Å². The van der Waals surface area contributed by atoms with Crippen LogP contribution in [-0.4, -0.2) is 62.7 Å². The van der Waals surface area contributed by atoms with Crippen molar-refractivity contribution in [2.45, 2.75) is 110 Å². The monoisotopic (exact) mass is 910 g/mol. The lowest BCUT2D eigenvalue weighted by atomic mass is 9.72. The van der Waals surface area contributed by atoms with Crippen LogP contribution in [0, 0.1) is 43.2 Å². The van der Waals surface area contributed by atoms with Crippen LogP contribution in [0.15, 0.2) is 109 Å². The molecule has 2 aliphatic heterocycles. The van der Waals surface area contributed by atoms with E-state index in [9.17, 15) is 34.3 Å². The number of rotatable bonds is 10. The summed E-state index contributed by atoms with van der Waals surface area (Å²) in [6.45, 7) is 14.6. The summed E-state index contributed by atoms with van der Waals surface area (Å²) in [7, 11) is 0. The lowest BCUT2D eigenvalue weighted by molar-refractivity contribution is -0.316. The molecule has 0 amide bonds. The van der Waals surface area contributed by atoms with E-state index in [4.69, 9.17) is 9.47 Å². The minimum Gasteiger partial charge on any atom is -0.394 e. The van der Waals surface area contributed by atoms with Gasteiger partial charge in [0.1, 0.15) is 42.2 Å². The first kappa shape index (κ1) is 47.8. The highest BCUT2D eigenvalue weighted by Gasteiger charge is 2.49. The number of hydrogen-bond acceptors (Lipinski definition) is 9. The van der Waals surface area contributed by atoms with Crippen molar-refractivity contribution in [2.75, 3.05) is 6.61 Å². The molecule has 2 unspecified atom stereocenters. The van der Waals surface area contributed by atoms with Crippen molar-refractivity contribution in [3.8, 4) is 20.9 Å². The Morgan fingerprint density at radius 1 is 0.688 bits per heavy atom. The summed E-state index contributed by atoms with van der Waals surface area (Å²) in [4.78, 5) is 4.56. The maximum Gasteiger partial charge on any atom is 0.195 e. The van der Waals surface area contributed by atoms with E-state index < -0.39 is 42.9 Å². The Balaban J connectivity index is 0.000000192. The number of ether oxygens (including phenoxy) is 2. The molecule has 0 spiro atoms. The van der Waals surface area contributed by atoms with Gasteiger partial charge in [-0.2, -0.15) is 0 Å². The number of thiophene rings is 2. The maximum absolute atomic E-state index is 13.3. The minimum atomic E-state index is -1.41. The zero-order chi connectivity index (χ0) is 46.0. The zero-order valence-corrected chi connectivity index (χ0v) is 39.0. The van der Waals surface area contributed by atoms with Crippen molar-refractivity contribution in [2.24, 2.45) is 17.8 Å². The van der Waals surface area contributed by atoms with Crippen LogP contribution in [0.25, 0.3) is 20.9 Å². The molecule has 11 heteroatoms. The van der Waals surface area contributed by atoms with Gasteiger partial charge in [0.15, 0.2) is 5.79 Å². The van der Waals surface area contributed by atoms with Gasteiger partial charge in [0.2, 0.25) is 0 Å². The van der Waals surface area contributed by atoms with Crippen molar-refractivity contribution in [1.82, 2.24) is 0 Å². The smallest absolute Gasteiger partial charge is 0.195 e. The van der Waals surface area contributed by atoms with Gasteiger partial charge in [0.25, 0.3) is 0 Å². The molecule has 11 atom stereocenters. The van der Waals surface area contributed by atoms with Gasteiger partial charge in [0.05, 0.1) is 12.7 Å². The molecular formula is C53H60F2O7S2. The standard InChI is InChI=1S/C29H35FO2S.C24H25FO5S/c1-7-26-19(4)18(3)21(6)29(31,32-26)23-11-8-17(2)25(16-23)20(5)27-14-15-28(33-27)22-9-12-24(30)13-10-22;1-13-2-3-15(24-23(29)22(28)21(27)19(12-26)30-24)10-16(13)11-18-8-9-20(31-18)14-4-6-17(25)7-5-14/h8-16,18-21,26,31H,7H2,1-6H3;2-10,19,21-24,26-29H,11-12H2,1H3/t18-,19-,20?,21+,26+,29+;19-,21-,22+,23-,24?/m01/s1. The third-order valence-corrected chi connectivity index (χ3v) is 16.1. The van der Waals surface area contributed by atoms with E-state index >= 15 is 0 Å². The van der Waals surface area contributed by atoms with Gasteiger partial charge < -0.3 is 35.0 Å². The Hall–Kier alpha value is -4.14. The first-order chi connectivity index (χ1) is 30.5. The first-order valence-corrected chi connectivity index (χ1v) is 23.8. The van der Waals surface area contributed by atoms with E-state index in [2.05, 4.69) is 65.8 Å². The van der Waals surface area contributed by atoms with Crippen molar-refractivity contribution in [3.63, 3.8) is 0 Å². The van der Waals surface area contributed by atoms with E-state index in [1.54, 1.807) is 34.8 Å². The SMILES string of the molecule is CC[C@H]1O[C@@](O)(c2ccc(C)c(C(C)c3ccc(-c4ccc(F)cc4)s3)c2)[C@H](C)[C@@H](C)[C@@H]1C.Cc1ccc(C2O[C@H](CO)[C@@H](O)[C@H](O)[C@H]2O)cc1Cc1ccc(-c2ccc(F)cc2)s1. The van der Waals surface area contributed by atoms with Gasteiger partial charge >= 0.3 is 0 Å². The molecule has 6 aromatic rings. The molecule has 64 heavy (non-hydrogen) atoms. The molecule has 2 aromatic heterocycles. The second kappa shape index (κ2) is 20.2. The lowest BCUT2D eigenvalue weighted by Gasteiger charge is -2.49. The Morgan fingerprint density at radius 3 is 1.92 bits per heavy atom. The van der Waals surface area contributed by atoms with Crippen molar-refractivity contribution >= 4 is 22.7 Å². The minimum absolute atomic E-state index is 0.00650. The highest BCUT2D eigenvalue weighted by molar-refractivity contribution is 7.15. The molecule has 0 radical (unpaired) electrons. The van der Waals surface area contributed by atoms with Crippen LogP contribution >= 0.6 is 22.7 Å². The van der Waals surface area contributed by atoms with Crippen molar-refractivity contribution in [3.05, 3.63) is 164 Å². The average Bonchev–Trinajstić information content (AvgIpc) is 3.99. The third kappa shape index (κ3) is 9.99. The zero-order valence-electron chi connectivity index (χ0n) is 37.4. The second-order valence-corrected chi connectivity index (χ2v) is 19.9. The molecule has 0 aliphatic carbocycles. The van der Waals surface area contributed by atoms with Crippen LogP contribution in [0.3, 0.4) is 0 Å². The molecule has 7 nitrogen and oxygen atoms in total. The number of aliphatic hydroxyl groups excluding tert-OH is 4. The predicted molar refractivity (Wildman–Crippen MR) is 251 cm³/mol. The second-order valence-electron chi connectivity index (χ2n) is 17.7. The number of aryl methyl sites for hydroxylation is 2. The third-order valence-electron chi connectivity index (χ3n) is 13.6. The van der Waals surface area contributed by atoms with Crippen molar-refractivity contribution < 1.29 is 43.8 Å². The van der Waals surface area contributed by atoms with E-state index in [-0.39, 0.29) is 29.6 Å². The molecule has 2 fully saturated rings. The van der Waals surface area contributed by atoms with Crippen LogP contribution in [0.4, 0.5) is 8.78 Å². The quantitative estimate of drug-likeness (QED) is 0.0929. The highest BCUT2D eigenvalue weighted by atomic mass is 32.1. The number of hydrogen-bond donors (Lipinski definition) is 5. The fraction of sp³-hybridized carbons (Fsp3) is 0.396. The molecule has 340 valence electrons. The van der Waals surface area contributed by atoms with Crippen LogP contribution in [-0.2, 0) is 21.7 Å². The van der Waals surface area contributed by atoms with E-state index in [0.29, 0.717) is 23.8 Å². The van der Waals surface area contributed by atoms with Gasteiger partial charge in [0, 0.05) is 43.3 Å². The summed E-state index contributed by atoms with van der Waals surface area (Å²) in [5, 5.41) is 51.8. The topological polar surface area (TPSA) is 120 Å². The Labute approximate surface area is 383 Å². The molecule has 8 rings (SSSR count). The summed E-state index contributed by atoms with van der Waals surface area (Å²) in [6.07, 6.45) is -4.29. The largest absolute Gasteiger partial charge is 0.394 e. The average molecular weight is 911 g/mol. The van der Waals surface area contributed by atoms with Crippen LogP contribution in [0.2, 0.25) is 0 Å². The molecule has 5 N–H and O–H groups in total. The fourth-order valence-electron chi connectivity index (χ4n) is 9.09. The summed E-state index contributed by atoms with van der Waals surface area (Å²) in [5.74, 6) is -0.845. The molecular weight excluding hydrogens is 851 g/mol. The van der Waals surface area contributed by atoms with E-state index in [1.807, 2.05) is 55.5 Å². The number of benzene rings is 4. The van der Waals surface area contributed by atoms with Crippen LogP contribution in [0.5, 0.6) is 0 Å². The van der Waals surface area contributed by atoms with E-state index in [1.165, 1.54) is 40.3 Å². The Kier molecular flexibility index (Phi) is 15.1. The van der Waals surface area contributed by atoms with Gasteiger partial charge in [-0.25, -0.2) is 8.78 Å². The molecule has 0 saturated carbocycles. The maximum atomic E-state index is 13.3. The molecule has 0 bridgehead atoms. The summed E-state index contributed by atoms with van der Waals surface area (Å²) < 4.78 is 38.6. The van der Waals surface area contributed by atoms with Gasteiger partial charge in [-0.1, -0.05) is 89.2 Å². The molecule has 2 saturated heterocycles. The number of halogens is 2. The Morgan fingerprint density at radius 2 is 1.30 bits per heavy atom. The summed E-state index contributed by atoms with van der Waals surface area (Å²) in [5.41, 5.74) is 8.02. The van der Waals surface area contributed by atoms with Gasteiger partial charge in [-0.05, 0) is 126 Å². The van der Waals surface area contributed by atoms with Gasteiger partial charge in [-0.15, -0.1) is 22.7 Å². The van der Waals surface area contributed by atoms with E-state index in [0.717, 1.165) is 48.9 Å². The highest BCUT2D eigenvalue weighted by Crippen LogP contribution is 2.47. The van der Waals surface area contributed by atoms with Gasteiger partial charge in [-0.3, -0.25) is 0 Å². The Bertz CT molecular complexity index is 2480. The van der Waals surface area contributed by atoms with Crippen molar-refractivity contribution in [1.29, 1.82) is 0 Å². The summed E-state index contributed by atoms with van der Waals surface area (Å²) in [6, 6.07) is 33.4. The van der Waals surface area contributed by atoms with Crippen LogP contribution in [0.1, 0.15) is 96.2 Å². The normalized spacial score (nSPS) is 27.4. The molecule has 4 heterocycles. The first-order valence-electron chi connectivity index (χ1n) is 22.1. The fourth-order valence-corrected chi connectivity index (χ4v) is 11.2.